The van der Waals surface area contributed by atoms with Crippen molar-refractivity contribution in [3.8, 4) is 0 Å². The van der Waals surface area contributed by atoms with Gasteiger partial charge in [-0.05, 0) is 52.9 Å². The Morgan fingerprint density at radius 2 is 1.54 bits per heavy atom. The van der Waals surface area contributed by atoms with Gasteiger partial charge in [-0.2, -0.15) is 5.10 Å². The van der Waals surface area contributed by atoms with Gasteiger partial charge in [-0.25, -0.2) is 18.6 Å². The second-order valence-corrected chi connectivity index (χ2v) is 9.80. The summed E-state index contributed by atoms with van der Waals surface area (Å²) in [7, 11) is -3.67. The highest BCUT2D eigenvalue weighted by Crippen LogP contribution is 2.42. The zero-order chi connectivity index (χ0) is 24.6. The van der Waals surface area contributed by atoms with Crippen molar-refractivity contribution in [1.82, 2.24) is 5.43 Å². The lowest BCUT2D eigenvalue weighted by atomic mass is 10.1. The summed E-state index contributed by atoms with van der Waals surface area (Å²) in [6, 6.07) is 23.5. The molecule has 5 rings (SSSR count). The van der Waals surface area contributed by atoms with E-state index in [1.165, 1.54) is 22.7 Å². The van der Waals surface area contributed by atoms with Crippen molar-refractivity contribution in [3.05, 3.63) is 107 Å². The zero-order valence-corrected chi connectivity index (χ0v) is 19.1. The number of carboxylic acid groups (broad SMARTS) is 1. The summed E-state index contributed by atoms with van der Waals surface area (Å²) >= 11 is 0. The third-order valence-electron chi connectivity index (χ3n) is 5.76. The van der Waals surface area contributed by atoms with Gasteiger partial charge in [0, 0.05) is 10.9 Å². The molecule has 9 heteroatoms. The lowest BCUT2D eigenvalue weighted by Gasteiger charge is -2.19. The van der Waals surface area contributed by atoms with Crippen LogP contribution in [0, 0.1) is 0 Å². The Hall–Kier alpha value is -4.50. The van der Waals surface area contributed by atoms with Crippen molar-refractivity contribution >= 4 is 44.6 Å². The van der Waals surface area contributed by atoms with Gasteiger partial charge in [-0.1, -0.05) is 48.5 Å². The zero-order valence-electron chi connectivity index (χ0n) is 18.3. The van der Waals surface area contributed by atoms with E-state index in [9.17, 15) is 18.0 Å². The average molecular weight is 486 g/mol. The summed E-state index contributed by atoms with van der Waals surface area (Å²) in [5.41, 5.74) is 4.96. The Balaban J connectivity index is 1.28. The average Bonchev–Trinajstić information content (AvgIpc) is 3.08. The molecule has 174 valence electrons. The number of anilines is 1. The van der Waals surface area contributed by atoms with E-state index in [0.717, 1.165) is 16.3 Å². The first-order valence-electron chi connectivity index (χ1n) is 10.6. The molecule has 4 aromatic carbocycles. The lowest BCUT2D eigenvalue weighted by Crippen LogP contribution is -2.26. The van der Waals surface area contributed by atoms with Crippen LogP contribution in [-0.4, -0.2) is 31.6 Å². The van der Waals surface area contributed by atoms with Crippen LogP contribution in [-0.2, 0) is 16.6 Å². The number of carbonyl (C=O) groups is 2. The lowest BCUT2D eigenvalue weighted by molar-refractivity contribution is 0.0696. The van der Waals surface area contributed by atoms with Gasteiger partial charge >= 0.3 is 5.97 Å². The number of amides is 1. The van der Waals surface area contributed by atoms with Crippen molar-refractivity contribution in [2.75, 3.05) is 4.31 Å². The number of hydrazone groups is 1. The minimum absolute atomic E-state index is 0.141. The van der Waals surface area contributed by atoms with Crippen molar-refractivity contribution in [2.24, 2.45) is 5.10 Å². The fraction of sp³-hybridized carbons (Fsp3) is 0.0385. The predicted octanol–water partition coefficient (Wildman–Crippen LogP) is 4.01. The molecule has 1 aliphatic heterocycles. The number of benzene rings is 4. The fourth-order valence-electron chi connectivity index (χ4n) is 4.00. The first kappa shape index (κ1) is 22.3. The monoisotopic (exact) mass is 485 g/mol. The van der Waals surface area contributed by atoms with E-state index in [1.807, 2.05) is 18.2 Å². The molecule has 1 amide bonds. The van der Waals surface area contributed by atoms with Crippen molar-refractivity contribution in [2.45, 2.75) is 11.4 Å². The van der Waals surface area contributed by atoms with Gasteiger partial charge in [0.15, 0.2) is 0 Å². The third-order valence-corrected chi connectivity index (χ3v) is 7.56. The number of hydrogen-bond donors (Lipinski definition) is 2. The quantitative estimate of drug-likeness (QED) is 0.316. The molecular formula is C26H19N3O5S. The highest BCUT2D eigenvalue weighted by molar-refractivity contribution is 7.93. The SMILES string of the molecule is O=C(O)c1ccc(/C=N\NC(=O)c2ccc(CN3c4cccc5cccc(c45)S3(=O)=O)cc2)cc1. The number of carbonyl (C=O) groups excluding carboxylic acids is 1. The highest BCUT2D eigenvalue weighted by atomic mass is 32.2. The van der Waals surface area contributed by atoms with Crippen LogP contribution in [0.5, 0.6) is 0 Å². The minimum Gasteiger partial charge on any atom is -0.478 e. The van der Waals surface area contributed by atoms with Crippen LogP contribution in [0.15, 0.2) is 94.9 Å². The first-order chi connectivity index (χ1) is 16.8. The maximum absolute atomic E-state index is 13.1. The highest BCUT2D eigenvalue weighted by Gasteiger charge is 2.35. The number of carboxylic acids is 1. The molecule has 0 saturated carbocycles. The van der Waals surface area contributed by atoms with Crippen molar-refractivity contribution < 1.29 is 23.1 Å². The number of nitrogens with zero attached hydrogens (tertiary/aromatic N) is 2. The van der Waals surface area contributed by atoms with Gasteiger partial charge in [-0.3, -0.25) is 9.10 Å². The number of hydrogen-bond acceptors (Lipinski definition) is 5. The predicted molar refractivity (Wildman–Crippen MR) is 132 cm³/mol. The number of nitrogens with one attached hydrogen (secondary N) is 1. The van der Waals surface area contributed by atoms with Crippen LogP contribution < -0.4 is 9.73 Å². The number of rotatable bonds is 6. The van der Waals surface area contributed by atoms with Gasteiger partial charge in [0.2, 0.25) is 0 Å². The minimum atomic E-state index is -3.67. The molecule has 35 heavy (non-hydrogen) atoms. The molecule has 4 aromatic rings. The smallest absolute Gasteiger partial charge is 0.335 e. The second kappa shape index (κ2) is 8.69. The van der Waals surface area contributed by atoms with Crippen molar-refractivity contribution in [3.63, 3.8) is 0 Å². The van der Waals surface area contributed by atoms with Gasteiger partial charge < -0.3 is 5.11 Å². The molecule has 0 fully saturated rings. The molecule has 0 saturated heterocycles. The topological polar surface area (TPSA) is 116 Å². The molecule has 0 unspecified atom stereocenters. The molecule has 1 heterocycles. The number of aromatic carboxylic acids is 1. The summed E-state index contributed by atoms with van der Waals surface area (Å²) < 4.78 is 27.7. The van der Waals surface area contributed by atoms with Crippen LogP contribution in [0.4, 0.5) is 5.69 Å². The summed E-state index contributed by atoms with van der Waals surface area (Å²) in [6.07, 6.45) is 1.41. The van der Waals surface area contributed by atoms with E-state index in [-0.39, 0.29) is 12.1 Å². The van der Waals surface area contributed by atoms with Crippen molar-refractivity contribution in [1.29, 1.82) is 0 Å². The molecule has 8 nitrogen and oxygen atoms in total. The molecular weight excluding hydrogens is 466 g/mol. The standard InChI is InChI=1S/C26H19N3O5S/c30-25(28-27-15-17-7-13-21(14-8-17)26(31)32)20-11-9-18(10-12-20)16-29-22-5-1-3-19-4-2-6-23(24(19)22)35(29,33)34/h1-15H,16H2,(H,28,30)(H,31,32)/b27-15-. The van der Waals surface area contributed by atoms with Gasteiger partial charge in [0.1, 0.15) is 0 Å². The molecule has 0 radical (unpaired) electrons. The summed E-state index contributed by atoms with van der Waals surface area (Å²) in [5, 5.41) is 14.4. The second-order valence-electron chi connectivity index (χ2n) is 7.97. The summed E-state index contributed by atoms with van der Waals surface area (Å²) in [4.78, 5) is 23.6. The van der Waals surface area contributed by atoms with Crippen LogP contribution in [0.2, 0.25) is 0 Å². The van der Waals surface area contributed by atoms with Gasteiger partial charge in [0.25, 0.3) is 15.9 Å². The molecule has 2 N–H and O–H groups in total. The Kier molecular flexibility index (Phi) is 5.54. The summed E-state index contributed by atoms with van der Waals surface area (Å²) in [5.74, 6) is -1.45. The summed E-state index contributed by atoms with van der Waals surface area (Å²) in [6.45, 7) is 0.141. The molecule has 0 aromatic heterocycles. The van der Waals surface area contributed by atoms with E-state index in [4.69, 9.17) is 5.11 Å². The third kappa shape index (κ3) is 4.13. The van der Waals surface area contributed by atoms with E-state index in [2.05, 4.69) is 10.5 Å². The van der Waals surface area contributed by atoms with E-state index < -0.39 is 21.9 Å². The van der Waals surface area contributed by atoms with Gasteiger partial charge in [-0.15, -0.1) is 0 Å². The Morgan fingerprint density at radius 1 is 0.886 bits per heavy atom. The first-order valence-corrected chi connectivity index (χ1v) is 12.1. The Labute approximate surface area is 201 Å². The van der Waals surface area contributed by atoms with Gasteiger partial charge in [0.05, 0.1) is 28.9 Å². The van der Waals surface area contributed by atoms with E-state index >= 15 is 0 Å². The maximum Gasteiger partial charge on any atom is 0.335 e. The van der Waals surface area contributed by atoms with Crippen LogP contribution >= 0.6 is 0 Å². The maximum atomic E-state index is 13.1. The van der Waals surface area contributed by atoms with Crippen LogP contribution in [0.25, 0.3) is 10.8 Å². The van der Waals surface area contributed by atoms with E-state index in [1.54, 1.807) is 54.6 Å². The largest absolute Gasteiger partial charge is 0.478 e. The number of sulfonamides is 1. The molecule has 1 aliphatic rings. The molecule has 0 atom stereocenters. The normalized spacial score (nSPS) is 13.9. The molecule has 0 bridgehead atoms. The Bertz CT molecular complexity index is 1590. The van der Waals surface area contributed by atoms with Crippen LogP contribution in [0.1, 0.15) is 31.8 Å². The molecule has 0 spiro atoms. The van der Waals surface area contributed by atoms with E-state index in [0.29, 0.717) is 21.7 Å². The fourth-order valence-corrected chi connectivity index (χ4v) is 5.70. The molecule has 0 aliphatic carbocycles. The van der Waals surface area contributed by atoms with Crippen LogP contribution in [0.3, 0.4) is 0 Å². The Morgan fingerprint density at radius 3 is 2.23 bits per heavy atom.